The van der Waals surface area contributed by atoms with Gasteiger partial charge in [-0.2, -0.15) is 0 Å². The van der Waals surface area contributed by atoms with E-state index in [0.29, 0.717) is 28.6 Å². The van der Waals surface area contributed by atoms with Gasteiger partial charge in [0.2, 0.25) is 0 Å². The topological polar surface area (TPSA) is 61.2 Å². The van der Waals surface area contributed by atoms with Crippen molar-refractivity contribution in [2.45, 2.75) is 47.2 Å². The van der Waals surface area contributed by atoms with Gasteiger partial charge in [-0.1, -0.05) is 25.6 Å². The molecule has 1 aliphatic heterocycles. The molecule has 3 rings (SSSR count). The van der Waals surface area contributed by atoms with Gasteiger partial charge in [-0.25, -0.2) is 9.37 Å². The number of hydrogen-bond acceptors (Lipinski definition) is 6. The van der Waals surface area contributed by atoms with E-state index >= 15 is 0 Å². The summed E-state index contributed by atoms with van der Waals surface area (Å²) in [7, 11) is 1.34. The molecule has 2 atom stereocenters. The van der Waals surface area contributed by atoms with Gasteiger partial charge in [0.1, 0.15) is 11.1 Å². The van der Waals surface area contributed by atoms with Crippen molar-refractivity contribution in [3.05, 3.63) is 46.1 Å². The Hall–Kier alpha value is -1.80. The Kier molecular flexibility index (Phi) is 5.72. The molecule has 0 fully saturated rings. The van der Waals surface area contributed by atoms with Crippen molar-refractivity contribution in [2.75, 3.05) is 7.11 Å². The largest absolute Gasteiger partial charge is 0.468 e. The standard InChI is InChI=1S/C18H19FN2O3S2/c1-4-14(17(23)24-3)26-18-20-13-9-10(2)25-15(13)16(22)21(18)12-7-5-11(19)6-8-12/h5-8,10,14H,4,9H2,1-3H3. The van der Waals surface area contributed by atoms with Crippen LogP contribution >= 0.6 is 23.5 Å². The van der Waals surface area contributed by atoms with Crippen molar-refractivity contribution in [1.29, 1.82) is 0 Å². The molecule has 0 saturated heterocycles. The zero-order chi connectivity index (χ0) is 18.8. The van der Waals surface area contributed by atoms with Gasteiger partial charge in [0, 0.05) is 11.7 Å². The fourth-order valence-corrected chi connectivity index (χ4v) is 4.92. The molecule has 1 aromatic carbocycles. The van der Waals surface area contributed by atoms with Crippen LogP contribution in [0.5, 0.6) is 0 Å². The minimum absolute atomic E-state index is 0.182. The van der Waals surface area contributed by atoms with E-state index in [1.54, 1.807) is 0 Å². The number of benzene rings is 1. The van der Waals surface area contributed by atoms with E-state index in [4.69, 9.17) is 4.74 Å². The molecule has 0 bridgehead atoms. The summed E-state index contributed by atoms with van der Waals surface area (Å²) in [6.07, 6.45) is 1.25. The summed E-state index contributed by atoms with van der Waals surface area (Å²) in [5.41, 5.74) is 1.10. The Morgan fingerprint density at radius 3 is 2.77 bits per heavy atom. The molecule has 1 aromatic heterocycles. The fraction of sp³-hybridized carbons (Fsp3) is 0.389. The summed E-state index contributed by atoms with van der Waals surface area (Å²) in [5, 5.41) is 0.227. The van der Waals surface area contributed by atoms with Gasteiger partial charge in [0.15, 0.2) is 5.16 Å². The molecule has 0 amide bonds. The maximum absolute atomic E-state index is 13.3. The molecule has 2 heterocycles. The second-order valence-electron chi connectivity index (χ2n) is 5.96. The highest BCUT2D eigenvalue weighted by atomic mass is 32.2. The Morgan fingerprint density at radius 2 is 2.15 bits per heavy atom. The first-order valence-electron chi connectivity index (χ1n) is 8.27. The minimum Gasteiger partial charge on any atom is -0.468 e. The zero-order valence-corrected chi connectivity index (χ0v) is 16.3. The predicted octanol–water partition coefficient (Wildman–Crippen LogP) is 3.45. The van der Waals surface area contributed by atoms with Crippen LogP contribution in [0.4, 0.5) is 4.39 Å². The highest BCUT2D eigenvalue weighted by Crippen LogP contribution is 2.36. The van der Waals surface area contributed by atoms with Crippen LogP contribution < -0.4 is 5.56 Å². The number of fused-ring (bicyclic) bond motifs is 1. The molecule has 0 spiro atoms. The number of hydrogen-bond donors (Lipinski definition) is 0. The Bertz CT molecular complexity index is 883. The van der Waals surface area contributed by atoms with Crippen LogP contribution in [0.15, 0.2) is 39.1 Å². The molecule has 1 aliphatic rings. The molecule has 0 N–H and O–H groups in total. The molecular formula is C18H19FN2O3S2. The Morgan fingerprint density at radius 1 is 1.46 bits per heavy atom. The van der Waals surface area contributed by atoms with Crippen LogP contribution in [-0.4, -0.2) is 33.1 Å². The number of carbonyl (C=O) groups excluding carboxylic acids is 1. The van der Waals surface area contributed by atoms with E-state index in [9.17, 15) is 14.0 Å². The summed E-state index contributed by atoms with van der Waals surface area (Å²) < 4.78 is 19.6. The predicted molar refractivity (Wildman–Crippen MR) is 101 cm³/mol. The lowest BCUT2D eigenvalue weighted by Crippen LogP contribution is -2.26. The zero-order valence-electron chi connectivity index (χ0n) is 14.7. The molecule has 8 heteroatoms. The minimum atomic E-state index is -0.469. The molecule has 0 radical (unpaired) electrons. The average molecular weight is 394 g/mol. The number of thioether (sulfide) groups is 2. The van der Waals surface area contributed by atoms with Gasteiger partial charge in [0.05, 0.1) is 23.4 Å². The second-order valence-corrected chi connectivity index (χ2v) is 8.58. The van der Waals surface area contributed by atoms with Gasteiger partial charge in [0.25, 0.3) is 5.56 Å². The monoisotopic (exact) mass is 394 g/mol. The molecule has 2 aromatic rings. The normalized spacial score (nSPS) is 17.0. The first-order valence-corrected chi connectivity index (χ1v) is 10.0. The summed E-state index contributed by atoms with van der Waals surface area (Å²) >= 11 is 2.71. The van der Waals surface area contributed by atoms with E-state index in [2.05, 4.69) is 4.98 Å². The number of methoxy groups -OCH3 is 1. The number of rotatable bonds is 5. The molecule has 26 heavy (non-hydrogen) atoms. The van der Waals surface area contributed by atoms with Crippen LogP contribution in [0, 0.1) is 5.82 Å². The Balaban J connectivity index is 2.14. The molecule has 0 saturated carbocycles. The quantitative estimate of drug-likeness (QED) is 0.440. The number of halogens is 1. The smallest absolute Gasteiger partial charge is 0.319 e. The summed E-state index contributed by atoms with van der Waals surface area (Å²) in [6, 6.07) is 5.68. The first kappa shape index (κ1) is 19.0. The van der Waals surface area contributed by atoms with E-state index < -0.39 is 5.25 Å². The maximum atomic E-state index is 13.3. The second kappa shape index (κ2) is 7.84. The van der Waals surface area contributed by atoms with Crippen molar-refractivity contribution < 1.29 is 13.9 Å². The van der Waals surface area contributed by atoms with Crippen LogP contribution in [0.3, 0.4) is 0 Å². The van der Waals surface area contributed by atoms with E-state index in [1.165, 1.54) is 59.5 Å². The maximum Gasteiger partial charge on any atom is 0.319 e. The third-order valence-electron chi connectivity index (χ3n) is 4.05. The lowest BCUT2D eigenvalue weighted by molar-refractivity contribution is -0.140. The summed E-state index contributed by atoms with van der Waals surface area (Å²) in [5.74, 6) is -0.741. The van der Waals surface area contributed by atoms with Gasteiger partial charge < -0.3 is 4.74 Å². The number of aromatic nitrogens is 2. The van der Waals surface area contributed by atoms with Crippen molar-refractivity contribution in [3.63, 3.8) is 0 Å². The molecule has 138 valence electrons. The van der Waals surface area contributed by atoms with Gasteiger partial charge in [-0.3, -0.25) is 14.2 Å². The van der Waals surface area contributed by atoms with E-state index in [1.807, 2.05) is 13.8 Å². The Labute approximate surface area is 159 Å². The fourth-order valence-electron chi connectivity index (χ4n) is 2.75. The first-order chi connectivity index (χ1) is 12.4. The highest BCUT2D eigenvalue weighted by Gasteiger charge is 2.29. The summed E-state index contributed by atoms with van der Waals surface area (Å²) in [4.78, 5) is 30.4. The SMILES string of the molecule is CCC(Sc1nc2c(c(=O)n1-c1ccc(F)cc1)SC(C)C2)C(=O)OC. The molecule has 0 aliphatic carbocycles. The van der Waals surface area contributed by atoms with Crippen LogP contribution in [0.25, 0.3) is 5.69 Å². The van der Waals surface area contributed by atoms with E-state index in [-0.39, 0.29) is 22.6 Å². The summed E-state index contributed by atoms with van der Waals surface area (Å²) in [6.45, 7) is 3.92. The van der Waals surface area contributed by atoms with Crippen molar-refractivity contribution >= 4 is 29.5 Å². The number of nitrogens with zero attached hydrogens (tertiary/aromatic N) is 2. The van der Waals surface area contributed by atoms with Crippen molar-refractivity contribution in [2.24, 2.45) is 0 Å². The van der Waals surface area contributed by atoms with Crippen molar-refractivity contribution in [1.82, 2.24) is 9.55 Å². The molecular weight excluding hydrogens is 375 g/mol. The van der Waals surface area contributed by atoms with E-state index in [0.717, 1.165) is 5.69 Å². The van der Waals surface area contributed by atoms with Gasteiger partial charge in [-0.05, 0) is 30.7 Å². The van der Waals surface area contributed by atoms with Gasteiger partial charge >= 0.3 is 5.97 Å². The van der Waals surface area contributed by atoms with Crippen molar-refractivity contribution in [3.8, 4) is 5.69 Å². The third-order valence-corrected chi connectivity index (χ3v) is 6.56. The van der Waals surface area contributed by atoms with Crippen LogP contribution in [-0.2, 0) is 16.0 Å². The molecule has 5 nitrogen and oxygen atoms in total. The lowest BCUT2D eigenvalue weighted by Gasteiger charge is -2.17. The third kappa shape index (κ3) is 3.66. The van der Waals surface area contributed by atoms with Crippen LogP contribution in [0.2, 0.25) is 0 Å². The average Bonchev–Trinajstić information content (AvgIpc) is 3.01. The molecule has 2 unspecified atom stereocenters. The number of ether oxygens (including phenoxy) is 1. The number of esters is 1. The number of carbonyl (C=O) groups is 1. The van der Waals surface area contributed by atoms with Gasteiger partial charge in [-0.15, -0.1) is 11.8 Å². The highest BCUT2D eigenvalue weighted by molar-refractivity contribution is 8.00. The lowest BCUT2D eigenvalue weighted by atomic mass is 10.2. The van der Waals surface area contributed by atoms with Crippen LogP contribution in [0.1, 0.15) is 26.0 Å².